The van der Waals surface area contributed by atoms with Crippen LogP contribution in [0.5, 0.6) is 11.5 Å². The molecule has 0 spiro atoms. The summed E-state index contributed by atoms with van der Waals surface area (Å²) in [5.41, 5.74) is 4.05. The molecule has 1 aliphatic rings. The van der Waals surface area contributed by atoms with E-state index < -0.39 is 6.10 Å². The minimum absolute atomic E-state index is 0.221. The maximum Gasteiger partial charge on any atom is 0.273 e. The summed E-state index contributed by atoms with van der Waals surface area (Å²) in [7, 11) is 1.48. The van der Waals surface area contributed by atoms with Gasteiger partial charge in [0.15, 0.2) is 17.6 Å². The van der Waals surface area contributed by atoms with Gasteiger partial charge in [-0.1, -0.05) is 30.3 Å². The summed E-state index contributed by atoms with van der Waals surface area (Å²) < 4.78 is 15.8. The van der Waals surface area contributed by atoms with Crippen LogP contribution in [0.25, 0.3) is 0 Å². The van der Waals surface area contributed by atoms with E-state index in [2.05, 4.69) is 10.5 Å². The van der Waals surface area contributed by atoms with Crippen molar-refractivity contribution in [3.63, 3.8) is 0 Å². The molecule has 1 N–H and O–H groups in total. The Balaban J connectivity index is 1.64. The average Bonchev–Trinajstić information content (AvgIpc) is 3.04. The summed E-state index contributed by atoms with van der Waals surface area (Å²) >= 11 is 0. The summed E-state index contributed by atoms with van der Waals surface area (Å²) in [6, 6.07) is 14.7. The third-order valence-corrected chi connectivity index (χ3v) is 3.36. The van der Waals surface area contributed by atoms with Gasteiger partial charge in [0, 0.05) is 7.11 Å². The first kappa shape index (κ1) is 15.1. The molecule has 1 unspecified atom stereocenters. The average molecular weight is 312 g/mol. The fourth-order valence-electron chi connectivity index (χ4n) is 2.24. The van der Waals surface area contributed by atoms with Crippen LogP contribution in [0.3, 0.4) is 0 Å². The number of fused-ring (bicyclic) bond motifs is 1. The summed E-state index contributed by atoms with van der Waals surface area (Å²) in [6.07, 6.45) is 0.836. The van der Waals surface area contributed by atoms with Crippen molar-refractivity contribution in [3.8, 4) is 11.5 Å². The minimum Gasteiger partial charge on any atom is -0.454 e. The Morgan fingerprint density at radius 2 is 2.00 bits per heavy atom. The van der Waals surface area contributed by atoms with Crippen molar-refractivity contribution in [2.24, 2.45) is 5.10 Å². The highest BCUT2D eigenvalue weighted by Crippen LogP contribution is 2.31. The molecule has 0 aliphatic carbocycles. The number of benzene rings is 2. The first-order valence-corrected chi connectivity index (χ1v) is 7.08. The molecule has 1 aliphatic heterocycles. The number of nitrogens with zero attached hydrogens (tertiary/aromatic N) is 1. The van der Waals surface area contributed by atoms with E-state index in [-0.39, 0.29) is 12.7 Å². The van der Waals surface area contributed by atoms with Gasteiger partial charge in [-0.25, -0.2) is 5.43 Å². The standard InChI is InChI=1S/C17H16N2O4/c1-21-16(13-5-3-2-4-6-13)17(20)19-18-10-12-7-8-14-15(9-12)23-11-22-14/h2-10,16H,11H2,1H3,(H,19,20)/b18-10+. The first-order chi connectivity index (χ1) is 11.3. The fraction of sp³-hybridized carbons (Fsp3) is 0.176. The van der Waals surface area contributed by atoms with E-state index in [9.17, 15) is 4.79 Å². The third kappa shape index (κ3) is 3.49. The topological polar surface area (TPSA) is 69.2 Å². The maximum absolute atomic E-state index is 12.2. The van der Waals surface area contributed by atoms with E-state index in [4.69, 9.17) is 14.2 Å². The molecule has 0 saturated heterocycles. The van der Waals surface area contributed by atoms with Crippen molar-refractivity contribution in [2.75, 3.05) is 13.9 Å². The lowest BCUT2D eigenvalue weighted by Gasteiger charge is -2.13. The minimum atomic E-state index is -0.704. The van der Waals surface area contributed by atoms with Crippen molar-refractivity contribution >= 4 is 12.1 Å². The molecular formula is C17H16N2O4. The molecule has 0 radical (unpaired) electrons. The SMILES string of the molecule is COC(C(=O)N/N=C/c1ccc2c(c1)OCO2)c1ccccc1. The molecule has 6 nitrogen and oxygen atoms in total. The highest BCUT2D eigenvalue weighted by atomic mass is 16.7. The molecule has 0 bridgehead atoms. The lowest BCUT2D eigenvalue weighted by molar-refractivity contribution is -0.131. The Morgan fingerprint density at radius 3 is 2.78 bits per heavy atom. The zero-order chi connectivity index (χ0) is 16.1. The first-order valence-electron chi connectivity index (χ1n) is 7.08. The van der Waals surface area contributed by atoms with Crippen LogP contribution in [0.2, 0.25) is 0 Å². The molecule has 3 rings (SSSR count). The molecule has 23 heavy (non-hydrogen) atoms. The predicted molar refractivity (Wildman–Crippen MR) is 84.5 cm³/mol. The molecule has 0 aromatic heterocycles. The number of carbonyl (C=O) groups excluding carboxylic acids is 1. The number of carbonyl (C=O) groups is 1. The number of rotatable bonds is 5. The van der Waals surface area contributed by atoms with Crippen LogP contribution in [0.15, 0.2) is 53.6 Å². The number of hydrazone groups is 1. The number of amides is 1. The Labute approximate surface area is 133 Å². The zero-order valence-electron chi connectivity index (χ0n) is 12.6. The Morgan fingerprint density at radius 1 is 1.22 bits per heavy atom. The van der Waals surface area contributed by atoms with Gasteiger partial charge in [-0.15, -0.1) is 0 Å². The van der Waals surface area contributed by atoms with Gasteiger partial charge < -0.3 is 14.2 Å². The number of nitrogens with one attached hydrogen (secondary N) is 1. The number of ether oxygens (including phenoxy) is 3. The van der Waals surface area contributed by atoms with Crippen molar-refractivity contribution in [2.45, 2.75) is 6.10 Å². The van der Waals surface area contributed by atoms with Gasteiger partial charge in [0.2, 0.25) is 6.79 Å². The van der Waals surface area contributed by atoms with Crippen molar-refractivity contribution in [1.29, 1.82) is 0 Å². The molecule has 118 valence electrons. The van der Waals surface area contributed by atoms with E-state index in [1.807, 2.05) is 36.4 Å². The highest BCUT2D eigenvalue weighted by Gasteiger charge is 2.19. The van der Waals surface area contributed by atoms with Crippen LogP contribution < -0.4 is 14.9 Å². The largest absolute Gasteiger partial charge is 0.454 e. The van der Waals surface area contributed by atoms with E-state index in [0.717, 1.165) is 11.1 Å². The molecule has 0 saturated carbocycles. The Kier molecular flexibility index (Phi) is 4.54. The molecule has 1 heterocycles. The van der Waals surface area contributed by atoms with Crippen molar-refractivity contribution in [1.82, 2.24) is 5.43 Å². The van der Waals surface area contributed by atoms with E-state index >= 15 is 0 Å². The van der Waals surface area contributed by atoms with E-state index in [1.165, 1.54) is 13.3 Å². The van der Waals surface area contributed by atoms with Gasteiger partial charge >= 0.3 is 0 Å². The fourth-order valence-corrected chi connectivity index (χ4v) is 2.24. The van der Waals surface area contributed by atoms with Gasteiger partial charge in [-0.2, -0.15) is 5.10 Å². The second kappa shape index (κ2) is 6.93. The summed E-state index contributed by atoms with van der Waals surface area (Å²) in [4.78, 5) is 12.2. The molecule has 2 aromatic carbocycles. The lowest BCUT2D eigenvalue weighted by atomic mass is 10.1. The van der Waals surface area contributed by atoms with Gasteiger partial charge in [0.05, 0.1) is 6.21 Å². The molecular weight excluding hydrogens is 296 g/mol. The number of hydrogen-bond donors (Lipinski definition) is 1. The zero-order valence-corrected chi connectivity index (χ0v) is 12.6. The van der Waals surface area contributed by atoms with Gasteiger partial charge in [-0.3, -0.25) is 4.79 Å². The van der Waals surface area contributed by atoms with Crippen LogP contribution >= 0.6 is 0 Å². The smallest absolute Gasteiger partial charge is 0.273 e. The predicted octanol–water partition coefficient (Wildman–Crippen LogP) is 2.25. The van der Waals surface area contributed by atoms with Gasteiger partial charge in [0.1, 0.15) is 0 Å². The van der Waals surface area contributed by atoms with Gasteiger partial charge in [-0.05, 0) is 29.3 Å². The van der Waals surface area contributed by atoms with Crippen LogP contribution in [-0.2, 0) is 9.53 Å². The molecule has 1 atom stereocenters. The lowest BCUT2D eigenvalue weighted by Crippen LogP contribution is -2.26. The maximum atomic E-state index is 12.2. The van der Waals surface area contributed by atoms with Crippen molar-refractivity contribution < 1.29 is 19.0 Å². The highest BCUT2D eigenvalue weighted by molar-refractivity contribution is 5.85. The molecule has 6 heteroatoms. The van der Waals surface area contributed by atoms with Crippen LogP contribution in [0.1, 0.15) is 17.2 Å². The summed E-state index contributed by atoms with van der Waals surface area (Å²) in [5.74, 6) is 1.03. The van der Waals surface area contributed by atoms with Crippen LogP contribution in [-0.4, -0.2) is 26.0 Å². The normalized spacial score (nSPS) is 14.0. The monoisotopic (exact) mass is 312 g/mol. The summed E-state index contributed by atoms with van der Waals surface area (Å²) in [6.45, 7) is 0.221. The quantitative estimate of drug-likeness (QED) is 0.679. The molecule has 0 fully saturated rings. The van der Waals surface area contributed by atoms with Crippen LogP contribution in [0, 0.1) is 0 Å². The van der Waals surface area contributed by atoms with Crippen LogP contribution in [0.4, 0.5) is 0 Å². The second-order valence-electron chi connectivity index (χ2n) is 4.87. The number of methoxy groups -OCH3 is 1. The van der Waals surface area contributed by atoms with Gasteiger partial charge in [0.25, 0.3) is 5.91 Å². The number of hydrogen-bond acceptors (Lipinski definition) is 5. The second-order valence-corrected chi connectivity index (χ2v) is 4.87. The Bertz CT molecular complexity index is 716. The third-order valence-electron chi connectivity index (χ3n) is 3.36. The molecule has 1 amide bonds. The Hall–Kier alpha value is -2.86. The molecule has 2 aromatic rings. The summed E-state index contributed by atoms with van der Waals surface area (Å²) in [5, 5.41) is 3.96. The van der Waals surface area contributed by atoms with E-state index in [0.29, 0.717) is 11.5 Å². The van der Waals surface area contributed by atoms with E-state index in [1.54, 1.807) is 12.1 Å². The van der Waals surface area contributed by atoms with Crippen molar-refractivity contribution in [3.05, 3.63) is 59.7 Å².